The van der Waals surface area contributed by atoms with Gasteiger partial charge in [-0.15, -0.1) is 0 Å². The molecule has 1 aromatic carbocycles. The molecule has 0 radical (unpaired) electrons. The smallest absolute Gasteiger partial charge is 0.234 e. The number of carbonyl (C=O) groups is 1. The predicted octanol–water partition coefficient (Wildman–Crippen LogP) is 0.336. The molecule has 0 aromatic heterocycles. The summed E-state index contributed by atoms with van der Waals surface area (Å²) in [6, 6.07) is 10.2. The third kappa shape index (κ3) is 3.84. The molecule has 1 amide bonds. The Hall–Kier alpha value is -1.39. The number of nitrogens with one attached hydrogen (secondary N) is 1. The largest absolute Gasteiger partial charge is 0.351 e. The van der Waals surface area contributed by atoms with Crippen LogP contribution in [-0.4, -0.2) is 36.5 Å². The van der Waals surface area contributed by atoms with Gasteiger partial charge in [0.25, 0.3) is 0 Å². The zero-order valence-corrected chi connectivity index (χ0v) is 9.93. The minimum absolute atomic E-state index is 0.0722. The first-order chi connectivity index (χ1) is 8.24. The summed E-state index contributed by atoms with van der Waals surface area (Å²) in [6.45, 7) is 2.82. The van der Waals surface area contributed by atoms with E-state index >= 15 is 0 Å². The fraction of sp³-hybridized carbons (Fsp3) is 0.462. The highest BCUT2D eigenvalue weighted by atomic mass is 16.2. The van der Waals surface area contributed by atoms with E-state index in [2.05, 4.69) is 10.2 Å². The molecule has 1 aromatic rings. The van der Waals surface area contributed by atoms with Gasteiger partial charge in [0, 0.05) is 25.7 Å². The van der Waals surface area contributed by atoms with Gasteiger partial charge in [-0.25, -0.2) is 0 Å². The van der Waals surface area contributed by atoms with Crippen LogP contribution in [0.15, 0.2) is 30.3 Å². The Morgan fingerprint density at radius 3 is 2.82 bits per heavy atom. The maximum atomic E-state index is 11.7. The van der Waals surface area contributed by atoms with Crippen LogP contribution in [0, 0.1) is 0 Å². The highest BCUT2D eigenvalue weighted by Gasteiger charge is 2.20. The van der Waals surface area contributed by atoms with Gasteiger partial charge in [0.15, 0.2) is 0 Å². The number of likely N-dealkylation sites (tertiary alicyclic amines) is 1. The van der Waals surface area contributed by atoms with Crippen LogP contribution < -0.4 is 11.1 Å². The van der Waals surface area contributed by atoms with Crippen LogP contribution in [0.3, 0.4) is 0 Å². The summed E-state index contributed by atoms with van der Waals surface area (Å²) in [6.07, 6.45) is 0.992. The second kappa shape index (κ2) is 5.80. The van der Waals surface area contributed by atoms with E-state index in [-0.39, 0.29) is 11.9 Å². The maximum Gasteiger partial charge on any atom is 0.234 e. The van der Waals surface area contributed by atoms with Crippen molar-refractivity contribution >= 4 is 5.91 Å². The fourth-order valence-corrected chi connectivity index (χ4v) is 2.06. The zero-order valence-electron chi connectivity index (χ0n) is 9.93. The summed E-state index contributed by atoms with van der Waals surface area (Å²) < 4.78 is 0. The van der Waals surface area contributed by atoms with Crippen molar-refractivity contribution in [2.24, 2.45) is 5.73 Å². The fourth-order valence-electron chi connectivity index (χ4n) is 2.06. The van der Waals surface area contributed by atoms with Crippen LogP contribution in [0.5, 0.6) is 0 Å². The van der Waals surface area contributed by atoms with Crippen molar-refractivity contribution in [2.75, 3.05) is 19.6 Å². The summed E-state index contributed by atoms with van der Waals surface area (Å²) in [7, 11) is 0. The molecule has 3 N–H and O–H groups in total. The molecule has 1 heterocycles. The average Bonchev–Trinajstić information content (AvgIpc) is 2.73. The van der Waals surface area contributed by atoms with Gasteiger partial charge in [-0.05, 0) is 12.0 Å². The lowest BCUT2D eigenvalue weighted by Crippen LogP contribution is -2.37. The summed E-state index contributed by atoms with van der Waals surface area (Å²) in [5.74, 6) is 0.0722. The number of amides is 1. The van der Waals surface area contributed by atoms with Crippen molar-refractivity contribution in [3.8, 4) is 0 Å². The lowest BCUT2D eigenvalue weighted by molar-refractivity contribution is -0.122. The molecule has 0 bridgehead atoms. The average molecular weight is 233 g/mol. The van der Waals surface area contributed by atoms with Crippen molar-refractivity contribution < 1.29 is 4.79 Å². The molecule has 0 spiro atoms. The molecular weight excluding hydrogens is 214 g/mol. The summed E-state index contributed by atoms with van der Waals surface area (Å²) >= 11 is 0. The number of nitrogens with zero attached hydrogens (tertiary/aromatic N) is 1. The minimum atomic E-state index is 0.0722. The van der Waals surface area contributed by atoms with E-state index in [1.807, 2.05) is 30.3 Å². The van der Waals surface area contributed by atoms with Gasteiger partial charge in [-0.1, -0.05) is 30.3 Å². The summed E-state index contributed by atoms with van der Waals surface area (Å²) in [5.41, 5.74) is 6.92. The van der Waals surface area contributed by atoms with E-state index in [1.165, 1.54) is 0 Å². The molecule has 1 aliphatic heterocycles. The van der Waals surface area contributed by atoms with Crippen LogP contribution in [0.4, 0.5) is 0 Å². The quantitative estimate of drug-likeness (QED) is 0.788. The van der Waals surface area contributed by atoms with Gasteiger partial charge in [0.1, 0.15) is 0 Å². The van der Waals surface area contributed by atoms with E-state index in [9.17, 15) is 4.79 Å². The lowest BCUT2D eigenvalue weighted by Gasteiger charge is -2.14. The lowest BCUT2D eigenvalue weighted by atomic mass is 10.2. The number of hydrogen-bond acceptors (Lipinski definition) is 3. The highest BCUT2D eigenvalue weighted by molar-refractivity contribution is 5.78. The third-order valence-electron chi connectivity index (χ3n) is 3.01. The van der Waals surface area contributed by atoms with Gasteiger partial charge in [-0.2, -0.15) is 0 Å². The van der Waals surface area contributed by atoms with Gasteiger partial charge in [0.05, 0.1) is 6.54 Å². The number of rotatable bonds is 4. The van der Waals surface area contributed by atoms with E-state index in [1.54, 1.807) is 0 Å². The topological polar surface area (TPSA) is 58.4 Å². The highest BCUT2D eigenvalue weighted by Crippen LogP contribution is 2.05. The third-order valence-corrected chi connectivity index (χ3v) is 3.01. The Bertz CT molecular complexity index is 366. The van der Waals surface area contributed by atoms with E-state index in [0.29, 0.717) is 13.1 Å². The Morgan fingerprint density at radius 2 is 2.18 bits per heavy atom. The number of carbonyl (C=O) groups excluding carboxylic acids is 1. The molecule has 4 heteroatoms. The Kier molecular flexibility index (Phi) is 4.12. The van der Waals surface area contributed by atoms with Gasteiger partial charge in [0.2, 0.25) is 5.91 Å². The first kappa shape index (κ1) is 12.1. The minimum Gasteiger partial charge on any atom is -0.351 e. The van der Waals surface area contributed by atoms with Crippen LogP contribution in [0.1, 0.15) is 12.0 Å². The molecule has 0 saturated carbocycles. The molecule has 4 nitrogen and oxygen atoms in total. The molecule has 92 valence electrons. The summed E-state index contributed by atoms with van der Waals surface area (Å²) in [4.78, 5) is 13.8. The molecule has 17 heavy (non-hydrogen) atoms. The number of hydrogen-bond donors (Lipinski definition) is 2. The van der Waals surface area contributed by atoms with Gasteiger partial charge < -0.3 is 11.1 Å². The van der Waals surface area contributed by atoms with Crippen molar-refractivity contribution in [1.82, 2.24) is 10.2 Å². The van der Waals surface area contributed by atoms with Crippen molar-refractivity contribution in [3.63, 3.8) is 0 Å². The normalized spacial score (nSPS) is 20.4. The SMILES string of the molecule is N[C@H]1CCN(CC(=O)NCc2ccccc2)C1. The molecule has 1 saturated heterocycles. The van der Waals surface area contributed by atoms with Gasteiger partial charge in [-0.3, -0.25) is 9.69 Å². The first-order valence-corrected chi connectivity index (χ1v) is 6.02. The zero-order chi connectivity index (χ0) is 12.1. The first-order valence-electron chi connectivity index (χ1n) is 6.02. The van der Waals surface area contributed by atoms with Crippen molar-refractivity contribution in [3.05, 3.63) is 35.9 Å². The standard InChI is InChI=1S/C13H19N3O/c14-12-6-7-16(9-12)10-13(17)15-8-11-4-2-1-3-5-11/h1-5,12H,6-10,14H2,(H,15,17)/t12-/m0/s1. The van der Waals surface area contributed by atoms with Crippen molar-refractivity contribution in [2.45, 2.75) is 19.0 Å². The second-order valence-electron chi connectivity index (χ2n) is 4.55. The molecule has 1 atom stereocenters. The number of nitrogens with two attached hydrogens (primary N) is 1. The molecule has 0 aliphatic carbocycles. The van der Waals surface area contributed by atoms with E-state index < -0.39 is 0 Å². The van der Waals surface area contributed by atoms with Crippen molar-refractivity contribution in [1.29, 1.82) is 0 Å². The van der Waals surface area contributed by atoms with Crippen LogP contribution in [-0.2, 0) is 11.3 Å². The molecule has 2 rings (SSSR count). The van der Waals surface area contributed by atoms with Crippen LogP contribution >= 0.6 is 0 Å². The van der Waals surface area contributed by atoms with Crippen LogP contribution in [0.2, 0.25) is 0 Å². The summed E-state index contributed by atoms with van der Waals surface area (Å²) in [5, 5.41) is 2.92. The Balaban J connectivity index is 1.71. The monoisotopic (exact) mass is 233 g/mol. The molecular formula is C13H19N3O. The number of benzene rings is 1. The maximum absolute atomic E-state index is 11.7. The molecule has 1 fully saturated rings. The Labute approximate surface area is 102 Å². The molecule has 1 aliphatic rings. The predicted molar refractivity (Wildman–Crippen MR) is 67.3 cm³/mol. The van der Waals surface area contributed by atoms with E-state index in [4.69, 9.17) is 5.73 Å². The van der Waals surface area contributed by atoms with Crippen LogP contribution in [0.25, 0.3) is 0 Å². The Morgan fingerprint density at radius 1 is 1.41 bits per heavy atom. The van der Waals surface area contributed by atoms with Gasteiger partial charge >= 0.3 is 0 Å². The molecule has 0 unspecified atom stereocenters. The van der Waals surface area contributed by atoms with E-state index in [0.717, 1.165) is 25.1 Å². The second-order valence-corrected chi connectivity index (χ2v) is 4.55.